The molecule has 0 radical (unpaired) electrons. The molecule has 2 saturated heterocycles. The summed E-state index contributed by atoms with van der Waals surface area (Å²) in [6.45, 7) is 1.97. The molecule has 102 valence electrons. The minimum atomic E-state index is -0.349. The number of imide groups is 1. The highest BCUT2D eigenvalue weighted by atomic mass is 79.9. The van der Waals surface area contributed by atoms with Gasteiger partial charge in [0.1, 0.15) is 0 Å². The van der Waals surface area contributed by atoms with E-state index in [0.717, 1.165) is 10.0 Å². The largest absolute Gasteiger partial charge is 0.365 e. The summed E-state index contributed by atoms with van der Waals surface area (Å²) in [5.41, 5.74) is 1.70. The number of anilines is 1. The van der Waals surface area contributed by atoms with E-state index in [2.05, 4.69) is 15.9 Å². The molecule has 1 aromatic carbocycles. The number of hydrogen-bond acceptors (Lipinski definition) is 3. The highest BCUT2D eigenvalue weighted by Gasteiger charge is 2.60. The Morgan fingerprint density at radius 1 is 1.10 bits per heavy atom. The number of benzene rings is 1. The third kappa shape index (κ3) is 1.45. The summed E-state index contributed by atoms with van der Waals surface area (Å²) in [6, 6.07) is 5.53. The lowest BCUT2D eigenvalue weighted by Gasteiger charge is -2.18. The van der Waals surface area contributed by atoms with Crippen molar-refractivity contribution in [3.63, 3.8) is 0 Å². The lowest BCUT2D eigenvalue weighted by atomic mass is 9.85. The molecule has 4 rings (SSSR count). The average molecular weight is 334 g/mol. The zero-order valence-electron chi connectivity index (χ0n) is 10.7. The van der Waals surface area contributed by atoms with Crippen LogP contribution in [-0.4, -0.2) is 24.0 Å². The summed E-state index contributed by atoms with van der Waals surface area (Å²) >= 11 is 3.44. The Labute approximate surface area is 124 Å². The summed E-state index contributed by atoms with van der Waals surface area (Å²) in [7, 11) is 0. The van der Waals surface area contributed by atoms with Gasteiger partial charge in [0, 0.05) is 4.47 Å². The molecule has 0 N–H and O–H groups in total. The number of halogens is 1. The van der Waals surface area contributed by atoms with Crippen molar-refractivity contribution in [1.29, 1.82) is 0 Å². The van der Waals surface area contributed by atoms with Gasteiger partial charge in [-0.1, -0.05) is 34.1 Å². The fraction of sp³-hybridized carbons (Fsp3) is 0.333. The van der Waals surface area contributed by atoms with Crippen LogP contribution in [0.4, 0.5) is 5.69 Å². The molecule has 1 aromatic rings. The summed E-state index contributed by atoms with van der Waals surface area (Å²) in [4.78, 5) is 26.4. The van der Waals surface area contributed by atoms with Crippen LogP contribution in [0.2, 0.25) is 0 Å². The van der Waals surface area contributed by atoms with E-state index in [1.807, 2.05) is 37.3 Å². The molecule has 0 aliphatic carbocycles. The van der Waals surface area contributed by atoms with E-state index in [4.69, 9.17) is 4.74 Å². The molecule has 3 heterocycles. The standard InChI is InChI=1S/C15H12BrNO3/c1-7-2-3-8(6-9(7)16)17-14(18)12-10-4-5-11(20-10)13(12)15(17)19/h2-6,10-13H,1H3/t10-,11-,12-,13+/m0/s1. The lowest BCUT2D eigenvalue weighted by molar-refractivity contribution is -0.124. The van der Waals surface area contributed by atoms with Gasteiger partial charge in [-0.15, -0.1) is 0 Å². The van der Waals surface area contributed by atoms with Crippen LogP contribution >= 0.6 is 15.9 Å². The maximum absolute atomic E-state index is 12.6. The highest BCUT2D eigenvalue weighted by molar-refractivity contribution is 9.10. The summed E-state index contributed by atoms with van der Waals surface area (Å²) in [5, 5.41) is 0. The van der Waals surface area contributed by atoms with Crippen molar-refractivity contribution >= 4 is 33.4 Å². The Bertz CT molecular complexity index is 639. The van der Waals surface area contributed by atoms with E-state index in [9.17, 15) is 9.59 Å². The first-order valence-electron chi connectivity index (χ1n) is 6.55. The van der Waals surface area contributed by atoms with Crippen LogP contribution in [0, 0.1) is 18.8 Å². The van der Waals surface area contributed by atoms with Crippen molar-refractivity contribution in [3.8, 4) is 0 Å². The Balaban J connectivity index is 1.76. The van der Waals surface area contributed by atoms with Crippen LogP contribution in [0.5, 0.6) is 0 Å². The second-order valence-electron chi connectivity index (χ2n) is 5.45. The quantitative estimate of drug-likeness (QED) is 0.584. The first kappa shape index (κ1) is 12.3. The number of nitrogens with zero attached hydrogens (tertiary/aromatic N) is 1. The van der Waals surface area contributed by atoms with Crippen LogP contribution in [-0.2, 0) is 14.3 Å². The zero-order valence-corrected chi connectivity index (χ0v) is 12.3. The van der Waals surface area contributed by atoms with Gasteiger partial charge in [-0.3, -0.25) is 9.59 Å². The average Bonchev–Trinajstić information content (AvgIpc) is 3.08. The predicted octanol–water partition coefficient (Wildman–Crippen LogP) is 2.20. The molecule has 3 aliphatic heterocycles. The molecule has 0 spiro atoms. The van der Waals surface area contributed by atoms with E-state index < -0.39 is 0 Å². The van der Waals surface area contributed by atoms with Crippen LogP contribution in [0.25, 0.3) is 0 Å². The summed E-state index contributed by atoms with van der Waals surface area (Å²) in [6.07, 6.45) is 3.32. The van der Waals surface area contributed by atoms with Gasteiger partial charge in [-0.2, -0.15) is 0 Å². The van der Waals surface area contributed by atoms with Gasteiger partial charge < -0.3 is 4.74 Å². The fourth-order valence-corrected chi connectivity index (χ4v) is 3.65. The van der Waals surface area contributed by atoms with E-state index in [0.29, 0.717) is 5.69 Å². The van der Waals surface area contributed by atoms with Crippen LogP contribution < -0.4 is 4.90 Å². The SMILES string of the molecule is Cc1ccc(N2C(=O)[C@@H]3[C@H](C2=O)[C@@H]2C=C[C@@H]3O2)cc1Br. The Hall–Kier alpha value is -1.46. The molecular weight excluding hydrogens is 322 g/mol. The highest BCUT2D eigenvalue weighted by Crippen LogP contribution is 2.46. The molecule has 0 aromatic heterocycles. The Morgan fingerprint density at radius 3 is 2.25 bits per heavy atom. The molecule has 4 nitrogen and oxygen atoms in total. The van der Waals surface area contributed by atoms with Gasteiger partial charge in [-0.25, -0.2) is 4.90 Å². The van der Waals surface area contributed by atoms with Gasteiger partial charge in [0.2, 0.25) is 11.8 Å². The second-order valence-corrected chi connectivity index (χ2v) is 6.30. The number of carbonyl (C=O) groups excluding carboxylic acids is 2. The number of amides is 2. The van der Waals surface area contributed by atoms with Gasteiger partial charge in [-0.05, 0) is 24.6 Å². The molecule has 0 unspecified atom stereocenters. The number of rotatable bonds is 1. The molecule has 2 fully saturated rings. The Kier molecular flexibility index (Phi) is 2.47. The molecule has 2 bridgehead atoms. The predicted molar refractivity (Wildman–Crippen MR) is 76.2 cm³/mol. The summed E-state index contributed by atoms with van der Waals surface area (Å²) < 4.78 is 6.51. The third-order valence-corrected chi connectivity index (χ3v) is 5.18. The fourth-order valence-electron chi connectivity index (χ4n) is 3.28. The van der Waals surface area contributed by atoms with Crippen molar-refractivity contribution in [3.05, 3.63) is 40.4 Å². The van der Waals surface area contributed by atoms with Crippen molar-refractivity contribution in [2.75, 3.05) is 4.90 Å². The molecule has 4 atom stereocenters. The minimum Gasteiger partial charge on any atom is -0.365 e. The molecule has 20 heavy (non-hydrogen) atoms. The smallest absolute Gasteiger partial charge is 0.240 e. The first-order chi connectivity index (χ1) is 9.58. The van der Waals surface area contributed by atoms with Crippen LogP contribution in [0.3, 0.4) is 0 Å². The normalized spacial score (nSPS) is 34.2. The van der Waals surface area contributed by atoms with E-state index in [1.165, 1.54) is 4.90 Å². The minimum absolute atomic E-state index is 0.146. The van der Waals surface area contributed by atoms with Gasteiger partial charge in [0.25, 0.3) is 0 Å². The number of hydrogen-bond donors (Lipinski definition) is 0. The summed E-state index contributed by atoms with van der Waals surface area (Å²) in [5.74, 6) is -0.990. The topological polar surface area (TPSA) is 46.6 Å². The van der Waals surface area contributed by atoms with Gasteiger partial charge in [0.05, 0.1) is 29.7 Å². The molecule has 5 heteroatoms. The number of fused-ring (bicyclic) bond motifs is 5. The number of ether oxygens (including phenoxy) is 1. The maximum Gasteiger partial charge on any atom is 0.240 e. The second kappa shape index (κ2) is 4.02. The molecule has 3 aliphatic rings. The van der Waals surface area contributed by atoms with Gasteiger partial charge >= 0.3 is 0 Å². The Morgan fingerprint density at radius 2 is 1.70 bits per heavy atom. The van der Waals surface area contributed by atoms with Gasteiger partial charge in [0.15, 0.2) is 0 Å². The van der Waals surface area contributed by atoms with Crippen molar-refractivity contribution < 1.29 is 14.3 Å². The monoisotopic (exact) mass is 333 g/mol. The van der Waals surface area contributed by atoms with E-state index >= 15 is 0 Å². The number of carbonyl (C=O) groups is 2. The maximum atomic E-state index is 12.6. The number of aryl methyl sites for hydroxylation is 1. The first-order valence-corrected chi connectivity index (χ1v) is 7.35. The lowest BCUT2D eigenvalue weighted by Crippen LogP contribution is -2.34. The zero-order chi connectivity index (χ0) is 14.0. The van der Waals surface area contributed by atoms with E-state index in [1.54, 1.807) is 0 Å². The molecular formula is C15H12BrNO3. The van der Waals surface area contributed by atoms with Crippen molar-refractivity contribution in [2.24, 2.45) is 11.8 Å². The van der Waals surface area contributed by atoms with Crippen molar-refractivity contribution in [1.82, 2.24) is 0 Å². The van der Waals surface area contributed by atoms with Crippen LogP contribution in [0.1, 0.15) is 5.56 Å². The third-order valence-electron chi connectivity index (χ3n) is 4.32. The molecule has 2 amide bonds. The molecule has 0 saturated carbocycles. The van der Waals surface area contributed by atoms with Crippen molar-refractivity contribution in [2.45, 2.75) is 19.1 Å². The van der Waals surface area contributed by atoms with Crippen LogP contribution in [0.15, 0.2) is 34.8 Å². The van der Waals surface area contributed by atoms with E-state index in [-0.39, 0.29) is 35.9 Å².